The lowest BCUT2D eigenvalue weighted by molar-refractivity contribution is 0.383. The first-order chi connectivity index (χ1) is 15.1. The molecule has 31 heavy (non-hydrogen) atoms. The van der Waals surface area contributed by atoms with Gasteiger partial charge in [0.2, 0.25) is 10.0 Å². The van der Waals surface area contributed by atoms with Crippen LogP contribution in [-0.2, 0) is 10.0 Å². The second-order valence-corrected chi connectivity index (χ2v) is 8.97. The van der Waals surface area contributed by atoms with Crippen molar-refractivity contribution in [2.75, 3.05) is 31.1 Å². The Kier molecular flexibility index (Phi) is 4.96. The first kappa shape index (κ1) is 19.4. The van der Waals surface area contributed by atoms with E-state index in [0.29, 0.717) is 32.0 Å². The van der Waals surface area contributed by atoms with Crippen molar-refractivity contribution < 1.29 is 8.42 Å². The summed E-state index contributed by atoms with van der Waals surface area (Å²) in [5.74, 6) is 1.35. The molecule has 0 radical (unpaired) electrons. The molecule has 3 aromatic heterocycles. The number of hydrogen-bond acceptors (Lipinski definition) is 7. The zero-order valence-corrected chi connectivity index (χ0v) is 17.4. The van der Waals surface area contributed by atoms with Crippen molar-refractivity contribution in [3.8, 4) is 11.5 Å². The van der Waals surface area contributed by atoms with Gasteiger partial charge in [0, 0.05) is 51.0 Å². The van der Waals surface area contributed by atoms with Gasteiger partial charge < -0.3 is 4.90 Å². The minimum Gasteiger partial charge on any atom is -0.352 e. The highest BCUT2D eigenvalue weighted by atomic mass is 32.2. The van der Waals surface area contributed by atoms with Crippen LogP contribution in [0.5, 0.6) is 0 Å². The number of piperazine rings is 1. The highest BCUT2D eigenvalue weighted by Crippen LogP contribution is 2.21. The molecule has 0 bridgehead atoms. The van der Waals surface area contributed by atoms with Gasteiger partial charge in [0.05, 0.1) is 10.6 Å². The van der Waals surface area contributed by atoms with Gasteiger partial charge in [-0.05, 0) is 48.5 Å². The summed E-state index contributed by atoms with van der Waals surface area (Å²) in [6, 6.07) is 14.1. The highest BCUT2D eigenvalue weighted by Gasteiger charge is 2.29. The van der Waals surface area contributed by atoms with Crippen LogP contribution in [0.2, 0.25) is 0 Å². The Balaban J connectivity index is 1.25. The Morgan fingerprint density at radius 3 is 1.90 bits per heavy atom. The first-order valence-corrected chi connectivity index (χ1v) is 11.2. The maximum atomic E-state index is 13.1. The molecule has 10 nitrogen and oxygen atoms in total. The Morgan fingerprint density at radius 1 is 0.710 bits per heavy atom. The van der Waals surface area contributed by atoms with E-state index >= 15 is 0 Å². The summed E-state index contributed by atoms with van der Waals surface area (Å²) in [5, 5.41) is 16.8. The molecule has 11 heteroatoms. The fraction of sp³-hybridized carbons (Fsp3) is 0.200. The summed E-state index contributed by atoms with van der Waals surface area (Å²) >= 11 is 0. The fourth-order valence-corrected chi connectivity index (χ4v) is 4.93. The van der Waals surface area contributed by atoms with Crippen molar-refractivity contribution >= 4 is 15.8 Å². The number of aromatic nitrogens is 6. The average molecular weight is 437 g/mol. The van der Waals surface area contributed by atoms with Gasteiger partial charge in [0.25, 0.3) is 0 Å². The van der Waals surface area contributed by atoms with E-state index in [2.05, 4.69) is 20.4 Å². The SMILES string of the molecule is O=S(=O)(c1ccc(-n2cccn2)cc1)N1CCN(c2ccc(-n3cccn3)nn2)CC1. The lowest BCUT2D eigenvalue weighted by Crippen LogP contribution is -2.49. The van der Waals surface area contributed by atoms with E-state index in [0.717, 1.165) is 11.5 Å². The number of hydrogen-bond donors (Lipinski definition) is 0. The number of sulfonamides is 1. The van der Waals surface area contributed by atoms with Crippen LogP contribution in [0.3, 0.4) is 0 Å². The molecule has 0 amide bonds. The van der Waals surface area contributed by atoms with Crippen LogP contribution >= 0.6 is 0 Å². The van der Waals surface area contributed by atoms with E-state index in [1.807, 2.05) is 35.4 Å². The molecule has 4 aromatic rings. The number of anilines is 1. The molecule has 4 heterocycles. The molecule has 1 aliphatic rings. The Bertz CT molecular complexity index is 1230. The fourth-order valence-electron chi connectivity index (χ4n) is 3.51. The smallest absolute Gasteiger partial charge is 0.243 e. The van der Waals surface area contributed by atoms with Gasteiger partial charge in [-0.2, -0.15) is 14.5 Å². The van der Waals surface area contributed by atoms with Crippen molar-refractivity contribution in [3.05, 3.63) is 73.3 Å². The summed E-state index contributed by atoms with van der Waals surface area (Å²) in [6.07, 6.45) is 6.97. The number of nitrogens with zero attached hydrogens (tertiary/aromatic N) is 8. The monoisotopic (exact) mass is 436 g/mol. The zero-order chi connectivity index (χ0) is 21.3. The molecule has 1 aliphatic heterocycles. The van der Waals surface area contributed by atoms with Crippen LogP contribution in [0, 0.1) is 0 Å². The van der Waals surface area contributed by atoms with E-state index in [1.165, 1.54) is 4.31 Å². The van der Waals surface area contributed by atoms with Crippen molar-refractivity contribution in [3.63, 3.8) is 0 Å². The Morgan fingerprint density at radius 2 is 1.32 bits per heavy atom. The molecule has 1 saturated heterocycles. The van der Waals surface area contributed by atoms with E-state index in [4.69, 9.17) is 0 Å². The third-order valence-electron chi connectivity index (χ3n) is 5.18. The number of benzene rings is 1. The molecule has 0 aliphatic carbocycles. The lowest BCUT2D eigenvalue weighted by atomic mass is 10.3. The van der Waals surface area contributed by atoms with Gasteiger partial charge in [-0.1, -0.05) is 0 Å². The highest BCUT2D eigenvalue weighted by molar-refractivity contribution is 7.89. The van der Waals surface area contributed by atoms with Crippen LogP contribution in [0.1, 0.15) is 0 Å². The zero-order valence-electron chi connectivity index (χ0n) is 16.6. The second-order valence-electron chi connectivity index (χ2n) is 7.04. The molecule has 5 rings (SSSR count). The summed E-state index contributed by atoms with van der Waals surface area (Å²) in [7, 11) is -3.56. The van der Waals surface area contributed by atoms with E-state index < -0.39 is 10.0 Å². The van der Waals surface area contributed by atoms with E-state index in [-0.39, 0.29) is 4.90 Å². The molecule has 1 aromatic carbocycles. The third-order valence-corrected chi connectivity index (χ3v) is 7.09. The van der Waals surface area contributed by atoms with Gasteiger partial charge in [0.15, 0.2) is 11.6 Å². The van der Waals surface area contributed by atoms with Crippen LogP contribution in [-0.4, -0.2) is 68.7 Å². The van der Waals surface area contributed by atoms with Gasteiger partial charge in [-0.25, -0.2) is 17.8 Å². The molecule has 0 atom stereocenters. The number of rotatable bonds is 5. The Hall–Kier alpha value is -3.57. The second kappa shape index (κ2) is 7.93. The molecule has 0 unspecified atom stereocenters. The minimum atomic E-state index is -3.56. The van der Waals surface area contributed by atoms with Crippen LogP contribution in [0.25, 0.3) is 11.5 Å². The van der Waals surface area contributed by atoms with Crippen LogP contribution in [0.4, 0.5) is 5.82 Å². The van der Waals surface area contributed by atoms with E-state index in [9.17, 15) is 8.42 Å². The Labute approximate surface area is 179 Å². The van der Waals surface area contributed by atoms with Gasteiger partial charge >= 0.3 is 0 Å². The van der Waals surface area contributed by atoms with Gasteiger partial charge in [-0.15, -0.1) is 10.2 Å². The molecule has 158 valence electrons. The van der Waals surface area contributed by atoms with Gasteiger partial charge in [0.1, 0.15) is 0 Å². The quantitative estimate of drug-likeness (QED) is 0.465. The van der Waals surface area contributed by atoms with Crippen LogP contribution in [0.15, 0.2) is 78.2 Å². The van der Waals surface area contributed by atoms with Crippen molar-refractivity contribution in [1.82, 2.24) is 34.1 Å². The third kappa shape index (κ3) is 3.80. The predicted molar refractivity (Wildman–Crippen MR) is 114 cm³/mol. The summed E-state index contributed by atoms with van der Waals surface area (Å²) in [4.78, 5) is 2.31. The summed E-state index contributed by atoms with van der Waals surface area (Å²) in [6.45, 7) is 1.85. The maximum Gasteiger partial charge on any atom is 0.243 e. The predicted octanol–water partition coefficient (Wildman–Crippen LogP) is 1.36. The lowest BCUT2D eigenvalue weighted by Gasteiger charge is -2.34. The molecule has 0 spiro atoms. The van der Waals surface area contributed by atoms with Crippen molar-refractivity contribution in [2.45, 2.75) is 4.90 Å². The average Bonchev–Trinajstić information content (AvgIpc) is 3.54. The molecule has 1 fully saturated rings. The molecule has 0 N–H and O–H groups in total. The van der Waals surface area contributed by atoms with Crippen molar-refractivity contribution in [1.29, 1.82) is 0 Å². The van der Waals surface area contributed by atoms with E-state index in [1.54, 1.807) is 52.2 Å². The van der Waals surface area contributed by atoms with Crippen molar-refractivity contribution in [2.24, 2.45) is 0 Å². The topological polar surface area (TPSA) is 102 Å². The summed E-state index contributed by atoms with van der Waals surface area (Å²) in [5.41, 5.74) is 0.811. The minimum absolute atomic E-state index is 0.278. The largest absolute Gasteiger partial charge is 0.352 e. The van der Waals surface area contributed by atoms with Crippen LogP contribution < -0.4 is 4.90 Å². The standard InChI is InChI=1S/C20H20N8O2S/c29-31(30,18-5-3-17(4-6-18)27-11-1-9-21-27)26-15-13-25(14-16-26)19-7-8-20(24-23-19)28-12-2-10-22-28/h1-12H,13-16H2. The first-order valence-electron chi connectivity index (χ1n) is 9.80. The molecule has 0 saturated carbocycles. The summed E-state index contributed by atoms with van der Waals surface area (Å²) < 4.78 is 30.9. The maximum absolute atomic E-state index is 13.1. The normalized spacial score (nSPS) is 15.3. The molecular formula is C20H20N8O2S. The van der Waals surface area contributed by atoms with Gasteiger partial charge in [-0.3, -0.25) is 0 Å². The molecular weight excluding hydrogens is 416 g/mol.